The number of aliphatic hydroxyl groups excluding tert-OH is 1. The predicted octanol–water partition coefficient (Wildman–Crippen LogP) is 2.73. The first-order chi connectivity index (χ1) is 11.9. The molecule has 25 heavy (non-hydrogen) atoms. The minimum Gasteiger partial charge on any atom is -0.491 e. The topological polar surface area (TPSA) is 76.4 Å². The minimum absolute atomic E-state index is 0.0788. The molecule has 0 aliphatic rings. The average Bonchev–Trinajstić information content (AvgIpc) is 2.94. The molecule has 1 atom stereocenters. The molecular formula is C18H24ClN3O3. The van der Waals surface area contributed by atoms with Gasteiger partial charge >= 0.3 is 0 Å². The first kappa shape index (κ1) is 19.3. The van der Waals surface area contributed by atoms with Gasteiger partial charge in [-0.2, -0.15) is 5.10 Å². The van der Waals surface area contributed by atoms with Crippen LogP contribution in [0.25, 0.3) is 0 Å². The number of halogens is 1. The van der Waals surface area contributed by atoms with Crippen molar-refractivity contribution in [3.8, 4) is 5.75 Å². The van der Waals surface area contributed by atoms with E-state index >= 15 is 0 Å². The number of hydrogen-bond donors (Lipinski definition) is 2. The maximum atomic E-state index is 12.2. The Balaban J connectivity index is 1.81. The molecule has 1 amide bonds. The zero-order chi connectivity index (χ0) is 18.4. The third kappa shape index (κ3) is 5.47. The Morgan fingerprint density at radius 2 is 2.20 bits per heavy atom. The highest BCUT2D eigenvalue weighted by molar-refractivity contribution is 6.31. The summed E-state index contributed by atoms with van der Waals surface area (Å²) in [6.07, 6.45) is 1.86. The van der Waals surface area contributed by atoms with Crippen LogP contribution < -0.4 is 10.1 Å². The molecule has 2 N–H and O–H groups in total. The SMILES string of the molecule is CCCn1cc(C(=O)NCC(O)COc2ccc(Cl)c(C)c2)c(C)n1. The van der Waals surface area contributed by atoms with Gasteiger partial charge in [0.1, 0.15) is 18.5 Å². The highest BCUT2D eigenvalue weighted by Gasteiger charge is 2.15. The van der Waals surface area contributed by atoms with E-state index in [1.807, 2.05) is 6.92 Å². The van der Waals surface area contributed by atoms with Gasteiger partial charge in [0.15, 0.2) is 0 Å². The molecule has 1 aromatic heterocycles. The molecule has 1 aromatic carbocycles. The van der Waals surface area contributed by atoms with Gasteiger partial charge < -0.3 is 15.2 Å². The monoisotopic (exact) mass is 365 g/mol. The van der Waals surface area contributed by atoms with Crippen LogP contribution in [0.1, 0.15) is 35.0 Å². The fourth-order valence-electron chi connectivity index (χ4n) is 2.35. The lowest BCUT2D eigenvalue weighted by atomic mass is 10.2. The second-order valence-electron chi connectivity index (χ2n) is 5.98. The predicted molar refractivity (Wildman–Crippen MR) is 97.3 cm³/mol. The van der Waals surface area contributed by atoms with Crippen molar-refractivity contribution in [2.45, 2.75) is 39.8 Å². The van der Waals surface area contributed by atoms with E-state index in [9.17, 15) is 9.90 Å². The van der Waals surface area contributed by atoms with E-state index in [0.29, 0.717) is 22.0 Å². The molecule has 0 fully saturated rings. The lowest BCUT2D eigenvalue weighted by Gasteiger charge is -2.13. The van der Waals surface area contributed by atoms with E-state index in [1.165, 1.54) is 0 Å². The first-order valence-electron chi connectivity index (χ1n) is 8.30. The van der Waals surface area contributed by atoms with Gasteiger partial charge in [-0.05, 0) is 44.0 Å². The number of aryl methyl sites for hydroxylation is 3. The normalized spacial score (nSPS) is 12.0. The van der Waals surface area contributed by atoms with Crippen LogP contribution in [0, 0.1) is 13.8 Å². The summed E-state index contributed by atoms with van der Waals surface area (Å²) < 4.78 is 7.28. The van der Waals surface area contributed by atoms with E-state index in [-0.39, 0.29) is 19.1 Å². The third-order valence-corrected chi connectivity index (χ3v) is 4.14. The Hall–Kier alpha value is -2.05. The quantitative estimate of drug-likeness (QED) is 0.754. The smallest absolute Gasteiger partial charge is 0.254 e. The Bertz CT molecular complexity index is 730. The van der Waals surface area contributed by atoms with Crippen molar-refractivity contribution in [1.29, 1.82) is 0 Å². The van der Waals surface area contributed by atoms with Crippen molar-refractivity contribution < 1.29 is 14.6 Å². The molecular weight excluding hydrogens is 342 g/mol. The van der Waals surface area contributed by atoms with Gasteiger partial charge in [0.25, 0.3) is 5.91 Å². The molecule has 7 heteroatoms. The van der Waals surface area contributed by atoms with Crippen LogP contribution in [0.5, 0.6) is 5.75 Å². The summed E-state index contributed by atoms with van der Waals surface area (Å²) in [5.41, 5.74) is 2.10. The van der Waals surface area contributed by atoms with E-state index in [2.05, 4.69) is 17.3 Å². The Labute approximate surface area is 152 Å². The second kappa shape index (κ2) is 8.87. The number of amides is 1. The van der Waals surface area contributed by atoms with Gasteiger partial charge in [0.05, 0.1) is 11.3 Å². The van der Waals surface area contributed by atoms with Crippen LogP contribution in [0.4, 0.5) is 0 Å². The van der Waals surface area contributed by atoms with Gasteiger partial charge in [0, 0.05) is 24.3 Å². The minimum atomic E-state index is -0.814. The van der Waals surface area contributed by atoms with Crippen LogP contribution in [0.15, 0.2) is 24.4 Å². The fourth-order valence-corrected chi connectivity index (χ4v) is 2.47. The largest absolute Gasteiger partial charge is 0.491 e. The van der Waals surface area contributed by atoms with E-state index < -0.39 is 6.10 Å². The maximum absolute atomic E-state index is 12.2. The van der Waals surface area contributed by atoms with Crippen LogP contribution in [-0.2, 0) is 6.54 Å². The lowest BCUT2D eigenvalue weighted by molar-refractivity contribution is 0.0843. The number of nitrogens with zero attached hydrogens (tertiary/aromatic N) is 2. The average molecular weight is 366 g/mol. The zero-order valence-corrected chi connectivity index (χ0v) is 15.5. The highest BCUT2D eigenvalue weighted by atomic mass is 35.5. The molecule has 0 aliphatic heterocycles. The Morgan fingerprint density at radius 1 is 1.44 bits per heavy atom. The van der Waals surface area contributed by atoms with Crippen LogP contribution in [-0.4, -0.2) is 40.0 Å². The Kier molecular flexibility index (Phi) is 6.84. The van der Waals surface area contributed by atoms with Gasteiger partial charge in [-0.25, -0.2) is 0 Å². The molecule has 0 saturated carbocycles. The van der Waals surface area contributed by atoms with E-state index in [1.54, 1.807) is 36.0 Å². The molecule has 0 aliphatic carbocycles. The zero-order valence-electron chi connectivity index (χ0n) is 14.8. The summed E-state index contributed by atoms with van der Waals surface area (Å²) in [5.74, 6) is 0.380. The van der Waals surface area contributed by atoms with Crippen molar-refractivity contribution in [3.63, 3.8) is 0 Å². The molecule has 0 radical (unpaired) electrons. The molecule has 0 spiro atoms. The second-order valence-corrected chi connectivity index (χ2v) is 6.38. The summed E-state index contributed by atoms with van der Waals surface area (Å²) in [6.45, 7) is 6.68. The summed E-state index contributed by atoms with van der Waals surface area (Å²) in [5, 5.41) is 17.7. The molecule has 0 bridgehead atoms. The number of carbonyl (C=O) groups is 1. The van der Waals surface area contributed by atoms with Gasteiger partial charge in [-0.1, -0.05) is 18.5 Å². The third-order valence-electron chi connectivity index (χ3n) is 3.71. The van der Waals surface area contributed by atoms with Crippen molar-refractivity contribution in [1.82, 2.24) is 15.1 Å². The number of hydrogen-bond acceptors (Lipinski definition) is 4. The number of nitrogens with one attached hydrogen (secondary N) is 1. The number of ether oxygens (including phenoxy) is 1. The number of aliphatic hydroxyl groups is 1. The summed E-state index contributed by atoms with van der Waals surface area (Å²) in [7, 11) is 0. The van der Waals surface area contributed by atoms with E-state index in [0.717, 1.165) is 18.5 Å². The molecule has 0 saturated heterocycles. The van der Waals surface area contributed by atoms with E-state index in [4.69, 9.17) is 16.3 Å². The van der Waals surface area contributed by atoms with Gasteiger partial charge in [-0.3, -0.25) is 9.48 Å². The number of rotatable bonds is 8. The first-order valence-corrected chi connectivity index (χ1v) is 8.67. The summed E-state index contributed by atoms with van der Waals surface area (Å²) >= 11 is 5.96. The van der Waals surface area contributed by atoms with Crippen molar-refractivity contribution in [2.75, 3.05) is 13.2 Å². The van der Waals surface area contributed by atoms with Crippen LogP contribution in [0.3, 0.4) is 0 Å². The molecule has 6 nitrogen and oxygen atoms in total. The number of aromatic nitrogens is 2. The molecule has 136 valence electrons. The maximum Gasteiger partial charge on any atom is 0.254 e. The molecule has 2 rings (SSSR count). The summed E-state index contributed by atoms with van der Waals surface area (Å²) in [6, 6.07) is 5.29. The molecule has 2 aromatic rings. The fraction of sp³-hybridized carbons (Fsp3) is 0.444. The van der Waals surface area contributed by atoms with Crippen LogP contribution in [0.2, 0.25) is 5.02 Å². The molecule has 1 unspecified atom stereocenters. The highest BCUT2D eigenvalue weighted by Crippen LogP contribution is 2.21. The van der Waals surface area contributed by atoms with Gasteiger partial charge in [-0.15, -0.1) is 0 Å². The van der Waals surface area contributed by atoms with Gasteiger partial charge in [0.2, 0.25) is 0 Å². The Morgan fingerprint density at radius 3 is 2.88 bits per heavy atom. The van der Waals surface area contributed by atoms with Crippen molar-refractivity contribution in [3.05, 3.63) is 46.2 Å². The van der Waals surface area contributed by atoms with Crippen molar-refractivity contribution in [2.24, 2.45) is 0 Å². The summed E-state index contributed by atoms with van der Waals surface area (Å²) in [4.78, 5) is 12.2. The number of carbonyl (C=O) groups excluding carboxylic acids is 1. The number of benzene rings is 1. The molecule has 1 heterocycles. The standard InChI is InChI=1S/C18H24ClN3O3/c1-4-7-22-10-16(13(3)21-22)18(24)20-9-14(23)11-25-15-5-6-17(19)12(2)8-15/h5-6,8,10,14,23H,4,7,9,11H2,1-3H3,(H,20,24). The van der Waals surface area contributed by atoms with Crippen LogP contribution >= 0.6 is 11.6 Å². The van der Waals surface area contributed by atoms with Crippen molar-refractivity contribution >= 4 is 17.5 Å². The lowest BCUT2D eigenvalue weighted by Crippen LogP contribution is -2.35.